The molecule has 1 aliphatic rings. The maximum Gasteiger partial charge on any atom is 0.270 e. The summed E-state index contributed by atoms with van der Waals surface area (Å²) in [6.07, 6.45) is 4.95. The van der Waals surface area contributed by atoms with Crippen molar-refractivity contribution in [1.29, 1.82) is 0 Å². The lowest BCUT2D eigenvalue weighted by Gasteiger charge is -2.27. The second-order valence-corrected chi connectivity index (χ2v) is 7.47. The van der Waals surface area contributed by atoms with Crippen molar-refractivity contribution in [2.75, 3.05) is 13.1 Å². The molecule has 152 valence electrons. The third-order valence-corrected chi connectivity index (χ3v) is 4.72. The molecule has 0 atom stereocenters. The minimum absolute atomic E-state index is 0.0952. The van der Waals surface area contributed by atoms with E-state index >= 15 is 0 Å². The van der Waals surface area contributed by atoms with Gasteiger partial charge in [-0.1, -0.05) is 30.3 Å². The Morgan fingerprint density at radius 3 is 2.24 bits per heavy atom. The number of ether oxygens (including phenoxy) is 1. The summed E-state index contributed by atoms with van der Waals surface area (Å²) in [6, 6.07) is 16.4. The zero-order valence-corrected chi connectivity index (χ0v) is 17.1. The van der Waals surface area contributed by atoms with E-state index in [9.17, 15) is 9.59 Å². The Balaban J connectivity index is 1.84. The SMILES string of the molecule is CC(C)Oc1ccc(C=C(NC(=O)c2ccccc2)C(=O)N2CCCCC2)cc1. The molecule has 2 aromatic carbocycles. The number of hydrogen-bond acceptors (Lipinski definition) is 3. The highest BCUT2D eigenvalue weighted by molar-refractivity contribution is 6.05. The van der Waals surface area contributed by atoms with Gasteiger partial charge in [0.1, 0.15) is 11.4 Å². The largest absolute Gasteiger partial charge is 0.491 e. The summed E-state index contributed by atoms with van der Waals surface area (Å²) in [4.78, 5) is 27.6. The van der Waals surface area contributed by atoms with Crippen LogP contribution in [-0.4, -0.2) is 35.9 Å². The Bertz CT molecular complexity index is 851. The van der Waals surface area contributed by atoms with Gasteiger partial charge in [0.05, 0.1) is 6.10 Å². The highest BCUT2D eigenvalue weighted by Crippen LogP contribution is 2.18. The van der Waals surface area contributed by atoms with Gasteiger partial charge in [-0.15, -0.1) is 0 Å². The molecule has 2 aromatic rings. The topological polar surface area (TPSA) is 58.6 Å². The number of benzene rings is 2. The maximum absolute atomic E-state index is 13.1. The fourth-order valence-corrected chi connectivity index (χ4v) is 3.28. The van der Waals surface area contributed by atoms with E-state index in [1.165, 1.54) is 0 Å². The molecule has 2 amide bonds. The van der Waals surface area contributed by atoms with Crippen LogP contribution >= 0.6 is 0 Å². The number of nitrogens with zero attached hydrogens (tertiary/aromatic N) is 1. The van der Waals surface area contributed by atoms with Gasteiger partial charge in [-0.25, -0.2) is 0 Å². The molecule has 1 saturated heterocycles. The third-order valence-electron chi connectivity index (χ3n) is 4.72. The molecule has 1 fully saturated rings. The third kappa shape index (κ3) is 5.95. The van der Waals surface area contributed by atoms with Crippen molar-refractivity contribution in [1.82, 2.24) is 10.2 Å². The first-order chi connectivity index (χ1) is 14.0. The first kappa shape index (κ1) is 20.6. The first-order valence-electron chi connectivity index (χ1n) is 10.2. The zero-order valence-electron chi connectivity index (χ0n) is 17.1. The fraction of sp³-hybridized carbons (Fsp3) is 0.333. The second kappa shape index (κ2) is 9.92. The molecule has 0 unspecified atom stereocenters. The Kier molecular flexibility index (Phi) is 7.06. The van der Waals surface area contributed by atoms with Gasteiger partial charge in [0.25, 0.3) is 11.8 Å². The Morgan fingerprint density at radius 2 is 1.62 bits per heavy atom. The zero-order chi connectivity index (χ0) is 20.6. The van der Waals surface area contributed by atoms with Crippen molar-refractivity contribution in [3.63, 3.8) is 0 Å². The summed E-state index contributed by atoms with van der Waals surface area (Å²) in [5.74, 6) is 0.341. The van der Waals surface area contributed by atoms with E-state index in [1.54, 1.807) is 30.3 Å². The van der Waals surface area contributed by atoms with E-state index in [1.807, 2.05) is 49.1 Å². The average molecular weight is 392 g/mol. The van der Waals surface area contributed by atoms with Crippen LogP contribution in [0.1, 0.15) is 49.0 Å². The molecule has 0 aliphatic carbocycles. The van der Waals surface area contributed by atoms with E-state index in [-0.39, 0.29) is 17.9 Å². The summed E-state index contributed by atoms with van der Waals surface area (Å²) in [5.41, 5.74) is 1.64. The lowest BCUT2D eigenvalue weighted by atomic mass is 10.1. The van der Waals surface area contributed by atoms with E-state index in [2.05, 4.69) is 5.32 Å². The summed E-state index contributed by atoms with van der Waals surface area (Å²) in [5, 5.41) is 2.83. The van der Waals surface area contributed by atoms with E-state index in [0.29, 0.717) is 11.3 Å². The molecule has 5 heteroatoms. The molecule has 0 bridgehead atoms. The Hall–Kier alpha value is -3.08. The van der Waals surface area contributed by atoms with E-state index < -0.39 is 0 Å². The van der Waals surface area contributed by atoms with E-state index in [4.69, 9.17) is 4.74 Å². The van der Waals surface area contributed by atoms with Gasteiger partial charge in [-0.3, -0.25) is 9.59 Å². The molecule has 1 N–H and O–H groups in total. The van der Waals surface area contributed by atoms with Crippen molar-refractivity contribution in [3.8, 4) is 5.75 Å². The monoisotopic (exact) mass is 392 g/mol. The quantitative estimate of drug-likeness (QED) is 0.748. The minimum Gasteiger partial charge on any atom is -0.491 e. The number of piperidine rings is 1. The van der Waals surface area contributed by atoms with Crippen molar-refractivity contribution in [3.05, 3.63) is 71.4 Å². The van der Waals surface area contributed by atoms with Gasteiger partial charge < -0.3 is 15.0 Å². The summed E-state index contributed by atoms with van der Waals surface area (Å²) in [6.45, 7) is 5.39. The molecule has 1 heterocycles. The highest BCUT2D eigenvalue weighted by Gasteiger charge is 2.22. The van der Waals surface area contributed by atoms with E-state index in [0.717, 1.165) is 43.7 Å². The number of rotatable bonds is 6. The van der Waals surface area contributed by atoms with Gasteiger partial charge in [0, 0.05) is 18.7 Å². The van der Waals surface area contributed by atoms with Crippen LogP contribution in [0.25, 0.3) is 6.08 Å². The molecule has 0 spiro atoms. The molecule has 0 aromatic heterocycles. The van der Waals surface area contributed by atoms with Crippen LogP contribution in [0.2, 0.25) is 0 Å². The van der Waals surface area contributed by atoms with Gasteiger partial charge >= 0.3 is 0 Å². The number of nitrogens with one attached hydrogen (secondary N) is 1. The number of carbonyl (C=O) groups excluding carboxylic acids is 2. The Labute approximate surface area is 172 Å². The molecule has 5 nitrogen and oxygen atoms in total. The lowest BCUT2D eigenvalue weighted by Crippen LogP contribution is -2.41. The van der Waals surface area contributed by atoms with Gasteiger partial charge in [-0.05, 0) is 69.0 Å². The predicted molar refractivity (Wildman–Crippen MR) is 115 cm³/mol. The summed E-state index contributed by atoms with van der Waals surface area (Å²) >= 11 is 0. The van der Waals surface area contributed by atoms with Crippen molar-refractivity contribution in [2.45, 2.75) is 39.2 Å². The molecule has 0 saturated carbocycles. The average Bonchev–Trinajstić information content (AvgIpc) is 2.75. The van der Waals surface area contributed by atoms with Crippen molar-refractivity contribution < 1.29 is 14.3 Å². The summed E-state index contributed by atoms with van der Waals surface area (Å²) < 4.78 is 5.67. The predicted octanol–water partition coefficient (Wildman–Crippen LogP) is 4.26. The minimum atomic E-state index is -0.290. The van der Waals surface area contributed by atoms with Crippen molar-refractivity contribution >= 4 is 17.9 Å². The number of amides is 2. The first-order valence-corrected chi connectivity index (χ1v) is 10.2. The Morgan fingerprint density at radius 1 is 0.966 bits per heavy atom. The lowest BCUT2D eigenvalue weighted by molar-refractivity contribution is -0.128. The van der Waals surface area contributed by atoms with Crippen LogP contribution in [0.15, 0.2) is 60.3 Å². The highest BCUT2D eigenvalue weighted by atomic mass is 16.5. The summed E-state index contributed by atoms with van der Waals surface area (Å²) in [7, 11) is 0. The normalized spacial score (nSPS) is 14.6. The molecular weight excluding hydrogens is 364 g/mol. The number of hydrogen-bond donors (Lipinski definition) is 1. The van der Waals surface area contributed by atoms with Crippen LogP contribution in [-0.2, 0) is 4.79 Å². The molecule has 3 rings (SSSR count). The van der Waals surface area contributed by atoms with Crippen LogP contribution in [0.4, 0.5) is 0 Å². The van der Waals surface area contributed by atoms with Gasteiger partial charge in [-0.2, -0.15) is 0 Å². The van der Waals surface area contributed by atoms with Crippen LogP contribution in [0.3, 0.4) is 0 Å². The molecule has 29 heavy (non-hydrogen) atoms. The number of likely N-dealkylation sites (tertiary alicyclic amines) is 1. The molecular formula is C24H28N2O3. The van der Waals surface area contributed by atoms with Crippen molar-refractivity contribution in [2.24, 2.45) is 0 Å². The fourth-order valence-electron chi connectivity index (χ4n) is 3.28. The van der Waals surface area contributed by atoms with Crippen LogP contribution < -0.4 is 10.1 Å². The molecule has 1 aliphatic heterocycles. The second-order valence-electron chi connectivity index (χ2n) is 7.47. The van der Waals surface area contributed by atoms with Crippen LogP contribution in [0, 0.1) is 0 Å². The molecule has 0 radical (unpaired) electrons. The number of carbonyl (C=O) groups is 2. The smallest absolute Gasteiger partial charge is 0.270 e. The standard InChI is InChI=1S/C24H28N2O3/c1-18(2)29-21-13-11-19(12-14-21)17-22(24(28)26-15-7-4-8-16-26)25-23(27)20-9-5-3-6-10-20/h3,5-6,9-14,17-18H,4,7-8,15-16H2,1-2H3,(H,25,27). The maximum atomic E-state index is 13.1. The van der Waals surface area contributed by atoms with Crippen LogP contribution in [0.5, 0.6) is 5.75 Å². The van der Waals surface area contributed by atoms with Gasteiger partial charge in [0.2, 0.25) is 0 Å². The van der Waals surface area contributed by atoms with Gasteiger partial charge in [0.15, 0.2) is 0 Å².